The molecule has 3 N–H and O–H groups in total. The van der Waals surface area contributed by atoms with Crippen LogP contribution in [0.4, 0.5) is 24.9 Å². The number of nitrogens with two attached hydrogens (primary N) is 1. The van der Waals surface area contributed by atoms with Gasteiger partial charge in [-0.25, -0.2) is 4.68 Å². The zero-order valence-electron chi connectivity index (χ0n) is 27.5. The molecule has 0 bridgehead atoms. The number of piperidine rings is 1. The number of carbonyl (C=O) groups is 1. The summed E-state index contributed by atoms with van der Waals surface area (Å²) in [5, 5.41) is 7.72. The van der Waals surface area contributed by atoms with E-state index in [0.717, 1.165) is 35.1 Å². The fourth-order valence-electron chi connectivity index (χ4n) is 6.61. The van der Waals surface area contributed by atoms with E-state index < -0.39 is 12.3 Å². The van der Waals surface area contributed by atoms with Gasteiger partial charge in [0.05, 0.1) is 18.0 Å². The third-order valence-electron chi connectivity index (χ3n) is 9.44. The highest BCUT2D eigenvalue weighted by atomic mass is 19.4. The fourth-order valence-corrected chi connectivity index (χ4v) is 6.61. The van der Waals surface area contributed by atoms with Crippen molar-refractivity contribution in [3.05, 3.63) is 77.1 Å². The van der Waals surface area contributed by atoms with E-state index in [1.54, 1.807) is 38.2 Å². The van der Waals surface area contributed by atoms with Gasteiger partial charge < -0.3 is 25.4 Å². The van der Waals surface area contributed by atoms with E-state index in [1.165, 1.54) is 16.8 Å². The van der Waals surface area contributed by atoms with Crippen molar-refractivity contribution < 1.29 is 27.4 Å². The number of aryl methyl sites for hydroxylation is 3. The molecule has 2 aliphatic rings. The molecule has 0 saturated carbocycles. The lowest BCUT2D eigenvalue weighted by Crippen LogP contribution is -2.41. The van der Waals surface area contributed by atoms with E-state index in [1.807, 2.05) is 36.9 Å². The van der Waals surface area contributed by atoms with Gasteiger partial charge in [-0.2, -0.15) is 28.2 Å². The molecule has 0 aliphatic carbocycles. The number of hydrogen-bond donors (Lipinski definition) is 2. The normalized spacial score (nSPS) is 18.2. The zero-order valence-corrected chi connectivity index (χ0v) is 27.5. The molecule has 0 unspecified atom stereocenters. The zero-order chi connectivity index (χ0) is 34.2. The highest BCUT2D eigenvalue weighted by Gasteiger charge is 2.46. The van der Waals surface area contributed by atoms with Crippen molar-refractivity contribution in [2.75, 3.05) is 36.9 Å². The molecule has 2 aromatic carbocycles. The molecule has 2 atom stereocenters. The summed E-state index contributed by atoms with van der Waals surface area (Å²) in [5.74, 6) is -0.339. The summed E-state index contributed by atoms with van der Waals surface area (Å²) < 4.78 is 57.0. The number of nitrogens with zero attached hydrogens (tertiary/aromatic N) is 5. The Bertz CT molecular complexity index is 1800. The maximum Gasteiger partial charge on any atom is 0.429 e. The van der Waals surface area contributed by atoms with Crippen LogP contribution in [0.5, 0.6) is 5.88 Å². The van der Waals surface area contributed by atoms with Crippen molar-refractivity contribution in [1.29, 1.82) is 0 Å². The standard InChI is InChI=1S/C35H40F3N7O3/c1-5-47-32(46)27-19-34(20-40-27)11-14-44(15-12-34)29-18-30(42-33(39)41-29)48-31(35(36,37)38)26-9-8-25(24-7-6-21(2)22(3)16-24)17-28(26)45-13-10-23(4)43-45/h6-10,13,16-18,27,31,40H,5,11-12,14-15,19-20H2,1-4H3,(H2,39,41,42)/t27-,31+/m0/s1. The number of nitrogen functional groups attached to an aromatic ring is 1. The molecular weight excluding hydrogens is 623 g/mol. The predicted molar refractivity (Wildman–Crippen MR) is 176 cm³/mol. The Morgan fingerprint density at radius 1 is 1.04 bits per heavy atom. The summed E-state index contributed by atoms with van der Waals surface area (Å²) in [5.41, 5.74) is 10.5. The number of hydrogen-bond acceptors (Lipinski definition) is 9. The molecule has 1 spiro atoms. The van der Waals surface area contributed by atoms with Crippen LogP contribution in [0.3, 0.4) is 0 Å². The molecule has 4 aromatic rings. The number of nitrogens with one attached hydrogen (secondary N) is 1. The van der Waals surface area contributed by atoms with Crippen molar-refractivity contribution in [2.45, 2.75) is 65.3 Å². The van der Waals surface area contributed by atoms with E-state index >= 15 is 0 Å². The first kappa shape index (κ1) is 33.3. The summed E-state index contributed by atoms with van der Waals surface area (Å²) in [6.45, 7) is 9.75. The molecule has 0 radical (unpaired) electrons. The van der Waals surface area contributed by atoms with Crippen LogP contribution in [0, 0.1) is 26.2 Å². The molecule has 254 valence electrons. The number of anilines is 2. The number of aromatic nitrogens is 4. The van der Waals surface area contributed by atoms with Crippen LogP contribution >= 0.6 is 0 Å². The Balaban J connectivity index is 1.28. The van der Waals surface area contributed by atoms with E-state index in [4.69, 9.17) is 15.2 Å². The maximum absolute atomic E-state index is 14.9. The SMILES string of the molecule is CCOC(=O)[C@@H]1CC2(CCN(c3cc(O[C@H](c4ccc(-c5ccc(C)c(C)c5)cc4-n4ccc(C)n4)C(F)(F)F)nc(N)n3)CC2)CN1. The van der Waals surface area contributed by atoms with Crippen molar-refractivity contribution in [1.82, 2.24) is 25.1 Å². The van der Waals surface area contributed by atoms with Gasteiger partial charge in [-0.3, -0.25) is 4.79 Å². The molecule has 6 rings (SSSR count). The predicted octanol–water partition coefficient (Wildman–Crippen LogP) is 6.03. The summed E-state index contributed by atoms with van der Waals surface area (Å²) in [6, 6.07) is 13.5. The van der Waals surface area contributed by atoms with Crippen LogP contribution in [0.25, 0.3) is 16.8 Å². The molecule has 0 amide bonds. The Morgan fingerprint density at radius 2 is 1.77 bits per heavy atom. The lowest BCUT2D eigenvalue weighted by Gasteiger charge is -2.39. The van der Waals surface area contributed by atoms with Crippen molar-refractivity contribution in [2.24, 2.45) is 5.41 Å². The van der Waals surface area contributed by atoms with Crippen molar-refractivity contribution in [3.8, 4) is 22.7 Å². The van der Waals surface area contributed by atoms with Gasteiger partial charge in [0.2, 0.25) is 17.9 Å². The summed E-state index contributed by atoms with van der Waals surface area (Å²) in [6.07, 6.45) is -3.34. The summed E-state index contributed by atoms with van der Waals surface area (Å²) in [7, 11) is 0. The van der Waals surface area contributed by atoms with Gasteiger partial charge in [0.15, 0.2) is 0 Å². The molecule has 10 nitrogen and oxygen atoms in total. The van der Waals surface area contributed by atoms with E-state index in [0.29, 0.717) is 44.2 Å². The number of ether oxygens (including phenoxy) is 2. The smallest absolute Gasteiger partial charge is 0.429 e. The first-order valence-electron chi connectivity index (χ1n) is 16.1. The number of esters is 1. The van der Waals surface area contributed by atoms with E-state index in [9.17, 15) is 18.0 Å². The minimum atomic E-state index is -4.80. The van der Waals surface area contributed by atoms with Crippen LogP contribution in [-0.4, -0.2) is 64.2 Å². The average molecular weight is 664 g/mol. The minimum Gasteiger partial charge on any atom is -0.465 e. The monoisotopic (exact) mass is 663 g/mol. The van der Waals surface area contributed by atoms with Crippen LogP contribution in [-0.2, 0) is 9.53 Å². The number of carbonyl (C=O) groups excluding carboxylic acids is 1. The van der Waals surface area contributed by atoms with Gasteiger partial charge in [-0.15, -0.1) is 0 Å². The molecule has 2 aliphatic heterocycles. The van der Waals surface area contributed by atoms with Crippen molar-refractivity contribution >= 4 is 17.7 Å². The Morgan fingerprint density at radius 3 is 2.44 bits per heavy atom. The molecule has 2 fully saturated rings. The Labute approximate surface area is 277 Å². The topological polar surface area (TPSA) is 120 Å². The van der Waals surface area contributed by atoms with Gasteiger partial charge in [0.25, 0.3) is 0 Å². The average Bonchev–Trinajstić information content (AvgIpc) is 3.67. The van der Waals surface area contributed by atoms with Crippen LogP contribution < -0.4 is 20.7 Å². The maximum atomic E-state index is 14.9. The number of alkyl halides is 3. The molecule has 4 heterocycles. The third kappa shape index (κ3) is 6.96. The summed E-state index contributed by atoms with van der Waals surface area (Å²) >= 11 is 0. The molecule has 13 heteroatoms. The lowest BCUT2D eigenvalue weighted by molar-refractivity contribution is -0.198. The number of benzene rings is 2. The van der Waals surface area contributed by atoms with Crippen LogP contribution in [0.2, 0.25) is 0 Å². The quantitative estimate of drug-likeness (QED) is 0.218. The van der Waals surface area contributed by atoms with Gasteiger partial charge in [-0.05, 0) is 86.8 Å². The second-order valence-electron chi connectivity index (χ2n) is 12.8. The third-order valence-corrected chi connectivity index (χ3v) is 9.44. The van der Waals surface area contributed by atoms with Crippen LogP contribution in [0.15, 0.2) is 54.7 Å². The Hall–Kier alpha value is -4.65. The van der Waals surface area contributed by atoms with E-state index in [-0.39, 0.29) is 40.5 Å². The van der Waals surface area contributed by atoms with Crippen LogP contribution in [0.1, 0.15) is 54.7 Å². The molecule has 2 saturated heterocycles. The molecule has 2 aromatic heterocycles. The highest BCUT2D eigenvalue weighted by molar-refractivity contribution is 5.76. The first-order valence-corrected chi connectivity index (χ1v) is 16.1. The lowest BCUT2D eigenvalue weighted by atomic mass is 9.76. The van der Waals surface area contributed by atoms with Gasteiger partial charge in [0, 0.05) is 37.5 Å². The Kier molecular flexibility index (Phi) is 9.08. The van der Waals surface area contributed by atoms with Crippen molar-refractivity contribution in [3.63, 3.8) is 0 Å². The fraction of sp³-hybridized carbons (Fsp3) is 0.429. The number of halogens is 3. The minimum absolute atomic E-state index is 0.0715. The van der Waals surface area contributed by atoms with Gasteiger partial charge in [0.1, 0.15) is 11.9 Å². The number of rotatable bonds is 8. The second kappa shape index (κ2) is 13.1. The van der Waals surface area contributed by atoms with E-state index in [2.05, 4.69) is 20.4 Å². The van der Waals surface area contributed by atoms with Gasteiger partial charge in [-0.1, -0.05) is 30.3 Å². The highest BCUT2D eigenvalue weighted by Crippen LogP contribution is 2.43. The van der Waals surface area contributed by atoms with Gasteiger partial charge >= 0.3 is 12.1 Å². The summed E-state index contributed by atoms with van der Waals surface area (Å²) in [4.78, 5) is 22.6. The second-order valence-corrected chi connectivity index (χ2v) is 12.8. The molecular formula is C35H40F3N7O3. The first-order chi connectivity index (χ1) is 22.8. The largest absolute Gasteiger partial charge is 0.465 e. The molecule has 48 heavy (non-hydrogen) atoms.